The Balaban J connectivity index is 1.62. The van der Waals surface area contributed by atoms with Gasteiger partial charge in [0.1, 0.15) is 0 Å². The number of nitrogens with zero attached hydrogens (tertiary/aromatic N) is 1. The van der Waals surface area contributed by atoms with Crippen molar-refractivity contribution in [1.29, 1.82) is 0 Å². The summed E-state index contributed by atoms with van der Waals surface area (Å²) in [5, 5.41) is 2.79. The fraction of sp³-hybridized carbons (Fsp3) is 0.588. The van der Waals surface area contributed by atoms with Crippen LogP contribution in [-0.4, -0.2) is 51.2 Å². The van der Waals surface area contributed by atoms with E-state index in [1.54, 1.807) is 30.0 Å². The zero-order chi connectivity index (χ0) is 17.7. The molecule has 2 heterocycles. The van der Waals surface area contributed by atoms with Crippen LogP contribution in [0.2, 0.25) is 0 Å². The minimum atomic E-state index is -3.57. The number of anilines is 1. The van der Waals surface area contributed by atoms with Crippen molar-refractivity contribution < 1.29 is 13.2 Å². The van der Waals surface area contributed by atoms with Gasteiger partial charge in [-0.3, -0.25) is 4.79 Å². The van der Waals surface area contributed by atoms with Gasteiger partial charge in [0.15, 0.2) is 0 Å². The van der Waals surface area contributed by atoms with E-state index in [1.807, 2.05) is 0 Å². The first kappa shape index (κ1) is 18.7. The maximum atomic E-state index is 12.5. The average Bonchev–Trinajstić information content (AvgIpc) is 2.94. The van der Waals surface area contributed by atoms with Gasteiger partial charge in [0.05, 0.1) is 10.6 Å². The van der Waals surface area contributed by atoms with Gasteiger partial charge < -0.3 is 10.2 Å². The van der Waals surface area contributed by atoms with Crippen molar-refractivity contribution in [3.8, 4) is 0 Å². The average molecular weight is 384 g/mol. The van der Waals surface area contributed by atoms with Crippen LogP contribution in [0.5, 0.6) is 0 Å². The Morgan fingerprint density at radius 3 is 2.68 bits per heavy atom. The van der Waals surface area contributed by atoms with Gasteiger partial charge in [-0.2, -0.15) is 0 Å². The van der Waals surface area contributed by atoms with Crippen molar-refractivity contribution >= 4 is 33.4 Å². The van der Waals surface area contributed by atoms with Crippen molar-refractivity contribution in [2.24, 2.45) is 0 Å². The third-order valence-electron chi connectivity index (χ3n) is 4.54. The smallest absolute Gasteiger partial charge is 0.240 e. The molecule has 2 aliphatic heterocycles. The number of amides is 1. The number of thioether (sulfide) groups is 1. The number of benzene rings is 1. The van der Waals surface area contributed by atoms with Crippen molar-refractivity contribution in [2.45, 2.75) is 41.9 Å². The van der Waals surface area contributed by atoms with Crippen LogP contribution in [-0.2, 0) is 14.8 Å². The van der Waals surface area contributed by atoms with E-state index in [9.17, 15) is 13.2 Å². The van der Waals surface area contributed by atoms with Crippen LogP contribution in [0.3, 0.4) is 0 Å². The summed E-state index contributed by atoms with van der Waals surface area (Å²) in [5.74, 6) is 0.633. The normalized spacial score (nSPS) is 19.6. The number of sulfonamides is 1. The van der Waals surface area contributed by atoms with E-state index in [0.29, 0.717) is 24.4 Å². The molecule has 0 aromatic heterocycles. The zero-order valence-electron chi connectivity index (χ0n) is 14.3. The standard InChI is InChI=1S/C17H25N3O3S2/c21-17-7-12-24-16-6-5-14(13-15(16)19-17)25(22,23)18-8-11-20-9-3-1-2-4-10-20/h5-6,13,18H,1-4,7-12H2,(H,19,21). The van der Waals surface area contributed by atoms with Gasteiger partial charge in [-0.15, -0.1) is 11.8 Å². The lowest BCUT2D eigenvalue weighted by atomic mass is 10.2. The summed E-state index contributed by atoms with van der Waals surface area (Å²) >= 11 is 1.57. The van der Waals surface area contributed by atoms with Crippen LogP contribution >= 0.6 is 11.8 Å². The molecule has 1 amide bonds. The monoisotopic (exact) mass is 383 g/mol. The first-order chi connectivity index (χ1) is 12.0. The molecule has 3 rings (SSSR count). The minimum Gasteiger partial charge on any atom is -0.325 e. The predicted octanol–water partition coefficient (Wildman–Crippen LogP) is 2.28. The van der Waals surface area contributed by atoms with Gasteiger partial charge in [-0.25, -0.2) is 13.1 Å². The number of likely N-dealkylation sites (tertiary alicyclic amines) is 1. The molecule has 138 valence electrons. The fourth-order valence-corrected chi connectivity index (χ4v) is 5.13. The molecule has 1 fully saturated rings. The van der Waals surface area contributed by atoms with Gasteiger partial charge in [0, 0.05) is 30.2 Å². The number of nitrogens with one attached hydrogen (secondary N) is 2. The lowest BCUT2D eigenvalue weighted by molar-refractivity contribution is -0.115. The molecule has 0 saturated carbocycles. The molecule has 8 heteroatoms. The number of hydrogen-bond acceptors (Lipinski definition) is 5. The Bertz CT molecular complexity index is 714. The van der Waals surface area contributed by atoms with E-state index in [0.717, 1.165) is 24.5 Å². The molecule has 25 heavy (non-hydrogen) atoms. The van der Waals surface area contributed by atoms with E-state index in [-0.39, 0.29) is 10.8 Å². The summed E-state index contributed by atoms with van der Waals surface area (Å²) in [6.07, 6.45) is 5.35. The van der Waals surface area contributed by atoms with Crippen LogP contribution < -0.4 is 10.0 Å². The third kappa shape index (κ3) is 5.20. The van der Waals surface area contributed by atoms with Gasteiger partial charge in [0.2, 0.25) is 15.9 Å². The van der Waals surface area contributed by atoms with Crippen molar-refractivity contribution in [1.82, 2.24) is 9.62 Å². The van der Waals surface area contributed by atoms with E-state index in [1.165, 1.54) is 25.7 Å². The van der Waals surface area contributed by atoms with Gasteiger partial charge >= 0.3 is 0 Å². The topological polar surface area (TPSA) is 78.5 Å². The molecule has 0 aliphatic carbocycles. The van der Waals surface area contributed by atoms with Gasteiger partial charge in [0.25, 0.3) is 0 Å². The molecule has 2 N–H and O–H groups in total. The number of hydrogen-bond donors (Lipinski definition) is 2. The van der Waals surface area contributed by atoms with Gasteiger partial charge in [-0.1, -0.05) is 12.8 Å². The highest BCUT2D eigenvalue weighted by molar-refractivity contribution is 7.99. The van der Waals surface area contributed by atoms with Crippen LogP contribution in [0, 0.1) is 0 Å². The second-order valence-corrected chi connectivity index (χ2v) is 9.36. The molecule has 0 unspecified atom stereocenters. The lowest BCUT2D eigenvalue weighted by Gasteiger charge is -2.19. The molecule has 0 bridgehead atoms. The number of carbonyl (C=O) groups is 1. The lowest BCUT2D eigenvalue weighted by Crippen LogP contribution is -2.35. The van der Waals surface area contributed by atoms with Gasteiger partial charge in [-0.05, 0) is 44.1 Å². The quantitative estimate of drug-likeness (QED) is 0.816. The van der Waals surface area contributed by atoms with Crippen LogP contribution in [0.1, 0.15) is 32.1 Å². The highest BCUT2D eigenvalue weighted by Crippen LogP contribution is 2.32. The Hall–Kier alpha value is -1.09. The maximum Gasteiger partial charge on any atom is 0.240 e. The Labute approximate surface area is 153 Å². The third-order valence-corrected chi connectivity index (χ3v) is 7.07. The van der Waals surface area contributed by atoms with E-state index in [4.69, 9.17) is 0 Å². The largest absolute Gasteiger partial charge is 0.325 e. The summed E-state index contributed by atoms with van der Waals surface area (Å²) in [6.45, 7) is 3.23. The van der Waals surface area contributed by atoms with E-state index >= 15 is 0 Å². The summed E-state index contributed by atoms with van der Waals surface area (Å²) in [6, 6.07) is 4.94. The Morgan fingerprint density at radius 1 is 1.16 bits per heavy atom. The Morgan fingerprint density at radius 2 is 1.92 bits per heavy atom. The number of fused-ring (bicyclic) bond motifs is 1. The molecular weight excluding hydrogens is 358 g/mol. The zero-order valence-corrected chi connectivity index (χ0v) is 15.9. The molecule has 0 atom stereocenters. The van der Waals surface area contributed by atoms with Crippen LogP contribution in [0.25, 0.3) is 0 Å². The second-order valence-electron chi connectivity index (χ2n) is 6.46. The number of carbonyl (C=O) groups excluding carboxylic acids is 1. The molecule has 1 saturated heterocycles. The van der Waals surface area contributed by atoms with E-state index < -0.39 is 10.0 Å². The minimum absolute atomic E-state index is 0.0741. The van der Waals surface area contributed by atoms with Crippen molar-refractivity contribution in [2.75, 3.05) is 37.2 Å². The molecule has 0 spiro atoms. The molecular formula is C17H25N3O3S2. The highest BCUT2D eigenvalue weighted by atomic mass is 32.2. The molecule has 2 aliphatic rings. The summed E-state index contributed by atoms with van der Waals surface area (Å²) in [5.41, 5.74) is 0.586. The Kier molecular flexibility index (Phi) is 6.38. The molecule has 1 aromatic carbocycles. The first-order valence-electron chi connectivity index (χ1n) is 8.83. The highest BCUT2D eigenvalue weighted by Gasteiger charge is 2.19. The second kappa shape index (κ2) is 8.53. The van der Waals surface area contributed by atoms with Crippen LogP contribution in [0.4, 0.5) is 5.69 Å². The fourth-order valence-electron chi connectivity index (χ4n) is 3.15. The molecule has 1 aromatic rings. The van der Waals surface area contributed by atoms with Crippen LogP contribution in [0.15, 0.2) is 28.0 Å². The summed E-state index contributed by atoms with van der Waals surface area (Å²) in [4.78, 5) is 15.1. The number of rotatable bonds is 5. The maximum absolute atomic E-state index is 12.5. The SMILES string of the molecule is O=C1CCSc2ccc(S(=O)(=O)NCCN3CCCCCC3)cc2N1. The first-order valence-corrected chi connectivity index (χ1v) is 11.3. The van der Waals surface area contributed by atoms with Crippen molar-refractivity contribution in [3.63, 3.8) is 0 Å². The molecule has 6 nitrogen and oxygen atoms in total. The predicted molar refractivity (Wildman–Crippen MR) is 101 cm³/mol. The molecule has 0 radical (unpaired) electrons. The summed E-state index contributed by atoms with van der Waals surface area (Å²) < 4.78 is 27.8. The van der Waals surface area contributed by atoms with E-state index in [2.05, 4.69) is 14.9 Å². The summed E-state index contributed by atoms with van der Waals surface area (Å²) in [7, 11) is -3.57. The van der Waals surface area contributed by atoms with Crippen molar-refractivity contribution in [3.05, 3.63) is 18.2 Å².